The molecule has 0 bridgehead atoms. The van der Waals surface area contributed by atoms with Gasteiger partial charge in [0.05, 0.1) is 0 Å². The monoisotopic (exact) mass is 345 g/mol. The van der Waals surface area contributed by atoms with E-state index in [0.29, 0.717) is 0 Å². The Labute approximate surface area is 124 Å². The van der Waals surface area contributed by atoms with Gasteiger partial charge in [-0.3, -0.25) is 14.5 Å². The molecule has 0 saturated carbocycles. The van der Waals surface area contributed by atoms with Gasteiger partial charge >= 0.3 is 0 Å². The lowest BCUT2D eigenvalue weighted by Gasteiger charge is -2.15. The van der Waals surface area contributed by atoms with Crippen molar-refractivity contribution in [2.24, 2.45) is 5.92 Å². The Kier molecular flexibility index (Phi) is 4.52. The van der Waals surface area contributed by atoms with Gasteiger partial charge in [-0.25, -0.2) is 8.78 Å². The molecule has 1 aromatic carbocycles. The molecular weight excluding hydrogens is 332 g/mol. The van der Waals surface area contributed by atoms with Crippen molar-refractivity contribution in [3.05, 3.63) is 33.8 Å². The smallest absolute Gasteiger partial charge is 0.266 e. The molecule has 108 valence electrons. The first-order chi connectivity index (χ1) is 9.43. The van der Waals surface area contributed by atoms with Gasteiger partial charge in [0.1, 0.15) is 17.2 Å². The average molecular weight is 346 g/mol. The van der Waals surface area contributed by atoms with E-state index in [1.807, 2.05) is 6.92 Å². The first-order valence-corrected chi connectivity index (χ1v) is 7.22. The Morgan fingerprint density at radius 3 is 2.55 bits per heavy atom. The summed E-state index contributed by atoms with van der Waals surface area (Å²) in [4.78, 5) is 24.9. The van der Waals surface area contributed by atoms with Crippen molar-refractivity contribution in [2.75, 3.05) is 6.54 Å². The van der Waals surface area contributed by atoms with Gasteiger partial charge in [0, 0.05) is 17.4 Å². The average Bonchev–Trinajstić information content (AvgIpc) is 2.69. The van der Waals surface area contributed by atoms with E-state index in [4.69, 9.17) is 0 Å². The molecule has 1 saturated heterocycles. The largest absolute Gasteiger partial charge is 0.278 e. The number of amides is 2. The highest BCUT2D eigenvalue weighted by atomic mass is 79.9. The Morgan fingerprint density at radius 2 is 2.00 bits per heavy atom. The summed E-state index contributed by atoms with van der Waals surface area (Å²) in [6, 6.07) is 2.03. The number of benzene rings is 1. The summed E-state index contributed by atoms with van der Waals surface area (Å²) in [7, 11) is 0. The van der Waals surface area contributed by atoms with Crippen molar-refractivity contribution in [3.63, 3.8) is 0 Å². The minimum absolute atomic E-state index is 0.0815. The zero-order valence-corrected chi connectivity index (χ0v) is 12.5. The quantitative estimate of drug-likeness (QED) is 0.786. The number of rotatable bonds is 3. The molecule has 6 heteroatoms. The van der Waals surface area contributed by atoms with Crippen LogP contribution in [-0.4, -0.2) is 23.3 Å². The second-order valence-electron chi connectivity index (χ2n) is 4.91. The molecule has 0 radical (unpaired) electrons. The minimum atomic E-state index is -0.964. The molecule has 1 fully saturated rings. The van der Waals surface area contributed by atoms with Crippen molar-refractivity contribution in [3.8, 4) is 0 Å². The molecule has 1 aliphatic heterocycles. The van der Waals surface area contributed by atoms with Gasteiger partial charge in [0.25, 0.3) is 5.91 Å². The number of carbonyl (C=O) groups is 2. The van der Waals surface area contributed by atoms with E-state index in [-0.39, 0.29) is 29.3 Å². The number of imide groups is 1. The van der Waals surface area contributed by atoms with E-state index < -0.39 is 23.1 Å². The fraction of sp³-hybridized carbons (Fsp3) is 0.429. The van der Waals surface area contributed by atoms with Crippen LogP contribution in [0.2, 0.25) is 0 Å². The summed E-state index contributed by atoms with van der Waals surface area (Å²) in [6.07, 6.45) is 1.99. The highest BCUT2D eigenvalue weighted by Gasteiger charge is 2.36. The van der Waals surface area contributed by atoms with E-state index in [0.717, 1.165) is 29.9 Å². The molecule has 0 spiro atoms. The molecule has 1 atom stereocenters. The van der Waals surface area contributed by atoms with E-state index >= 15 is 0 Å². The van der Waals surface area contributed by atoms with Crippen LogP contribution in [0.5, 0.6) is 0 Å². The van der Waals surface area contributed by atoms with Crippen molar-refractivity contribution in [1.82, 2.24) is 4.90 Å². The van der Waals surface area contributed by atoms with Gasteiger partial charge in [-0.2, -0.15) is 0 Å². The number of halogens is 3. The molecule has 1 aromatic rings. The normalized spacial score (nSPS) is 18.7. The SMILES string of the molecule is CCCC1CC(=O)N(C(=O)c2c(F)cc(Br)cc2F)C1. The van der Waals surface area contributed by atoms with Crippen LogP contribution in [0.3, 0.4) is 0 Å². The number of carbonyl (C=O) groups excluding carboxylic acids is 2. The third-order valence-electron chi connectivity index (χ3n) is 3.37. The molecule has 1 aliphatic rings. The summed E-state index contributed by atoms with van der Waals surface area (Å²) < 4.78 is 27.7. The maximum atomic E-state index is 13.8. The van der Waals surface area contributed by atoms with Gasteiger partial charge in [-0.15, -0.1) is 0 Å². The summed E-state index contributed by atoms with van der Waals surface area (Å²) in [6.45, 7) is 2.23. The highest BCUT2D eigenvalue weighted by molar-refractivity contribution is 9.10. The van der Waals surface area contributed by atoms with Gasteiger partial charge in [-0.1, -0.05) is 29.3 Å². The van der Waals surface area contributed by atoms with E-state index in [9.17, 15) is 18.4 Å². The molecule has 0 aliphatic carbocycles. The van der Waals surface area contributed by atoms with Crippen LogP contribution >= 0.6 is 15.9 Å². The van der Waals surface area contributed by atoms with Crippen LogP contribution in [0, 0.1) is 17.6 Å². The van der Waals surface area contributed by atoms with Gasteiger partial charge < -0.3 is 0 Å². The molecule has 2 amide bonds. The van der Waals surface area contributed by atoms with Crippen molar-refractivity contribution < 1.29 is 18.4 Å². The summed E-state index contributed by atoms with van der Waals surface area (Å²) in [5.41, 5.74) is -0.668. The number of hydrogen-bond donors (Lipinski definition) is 0. The fourth-order valence-electron chi connectivity index (χ4n) is 2.46. The maximum Gasteiger partial charge on any atom is 0.266 e. The zero-order valence-electron chi connectivity index (χ0n) is 11.0. The molecular formula is C14H14BrF2NO2. The van der Waals surface area contributed by atoms with Gasteiger partial charge in [0.2, 0.25) is 5.91 Å². The van der Waals surface area contributed by atoms with Crippen LogP contribution in [0.25, 0.3) is 0 Å². The predicted molar refractivity (Wildman–Crippen MR) is 73.1 cm³/mol. The maximum absolute atomic E-state index is 13.8. The van der Waals surface area contributed by atoms with E-state index in [1.54, 1.807) is 0 Å². The number of likely N-dealkylation sites (tertiary alicyclic amines) is 1. The lowest BCUT2D eigenvalue weighted by molar-refractivity contribution is -0.125. The van der Waals surface area contributed by atoms with Crippen LogP contribution < -0.4 is 0 Å². The molecule has 1 unspecified atom stereocenters. The predicted octanol–water partition coefficient (Wildman–Crippen LogP) is 3.52. The van der Waals surface area contributed by atoms with Crippen molar-refractivity contribution in [2.45, 2.75) is 26.2 Å². The first-order valence-electron chi connectivity index (χ1n) is 6.43. The Balaban J connectivity index is 2.26. The standard InChI is InChI=1S/C14H14BrF2NO2/c1-2-3-8-4-12(19)18(7-8)14(20)13-10(16)5-9(15)6-11(13)17/h5-6,8H,2-4,7H2,1H3. The Bertz CT molecular complexity index is 539. The minimum Gasteiger partial charge on any atom is -0.278 e. The van der Waals surface area contributed by atoms with Gasteiger partial charge in [0.15, 0.2) is 0 Å². The van der Waals surface area contributed by atoms with Crippen LogP contribution in [0.1, 0.15) is 36.5 Å². The second kappa shape index (κ2) is 5.99. The highest BCUT2D eigenvalue weighted by Crippen LogP contribution is 2.26. The van der Waals surface area contributed by atoms with E-state index in [2.05, 4.69) is 15.9 Å². The van der Waals surface area contributed by atoms with Crippen LogP contribution in [-0.2, 0) is 4.79 Å². The molecule has 3 nitrogen and oxygen atoms in total. The third kappa shape index (κ3) is 2.90. The molecule has 20 heavy (non-hydrogen) atoms. The molecule has 2 rings (SSSR count). The van der Waals surface area contributed by atoms with E-state index in [1.165, 1.54) is 0 Å². The summed E-state index contributed by atoms with van der Waals surface area (Å²) >= 11 is 2.95. The number of nitrogens with zero attached hydrogens (tertiary/aromatic N) is 1. The zero-order chi connectivity index (χ0) is 14.9. The molecule has 0 aromatic heterocycles. The Morgan fingerprint density at radius 1 is 1.40 bits per heavy atom. The Hall–Kier alpha value is -1.30. The second-order valence-corrected chi connectivity index (χ2v) is 5.83. The molecule has 0 N–H and O–H groups in total. The van der Waals surface area contributed by atoms with Crippen LogP contribution in [0.4, 0.5) is 8.78 Å². The molecule has 1 heterocycles. The third-order valence-corrected chi connectivity index (χ3v) is 3.83. The number of hydrogen-bond acceptors (Lipinski definition) is 2. The lowest BCUT2D eigenvalue weighted by Crippen LogP contribution is -2.33. The van der Waals surface area contributed by atoms with Crippen LogP contribution in [0.15, 0.2) is 16.6 Å². The van der Waals surface area contributed by atoms with Crippen molar-refractivity contribution >= 4 is 27.7 Å². The summed E-state index contributed by atoms with van der Waals surface area (Å²) in [5, 5.41) is 0. The first kappa shape index (κ1) is 15.1. The topological polar surface area (TPSA) is 37.4 Å². The fourth-order valence-corrected chi connectivity index (χ4v) is 2.86. The van der Waals surface area contributed by atoms with Crippen molar-refractivity contribution in [1.29, 1.82) is 0 Å². The summed E-state index contributed by atoms with van der Waals surface area (Å²) in [5.74, 6) is -3.11. The lowest BCUT2D eigenvalue weighted by atomic mass is 10.0. The van der Waals surface area contributed by atoms with Gasteiger partial charge in [-0.05, 0) is 24.5 Å².